The molecule has 3 rings (SSSR count). The summed E-state index contributed by atoms with van der Waals surface area (Å²) >= 11 is 0. The first-order valence-electron chi connectivity index (χ1n) is 9.36. The van der Waals surface area contributed by atoms with Gasteiger partial charge in [0.25, 0.3) is 5.91 Å². The average molecular weight is 328 g/mol. The third-order valence-electron chi connectivity index (χ3n) is 5.46. The van der Waals surface area contributed by atoms with Crippen LogP contribution in [0.5, 0.6) is 0 Å². The molecule has 1 aromatic rings. The minimum atomic E-state index is 0.0915. The summed E-state index contributed by atoms with van der Waals surface area (Å²) in [6.07, 6.45) is 7.11. The number of nitrogens with zero attached hydrogens (tertiary/aromatic N) is 2. The Hall–Kier alpha value is -1.84. The van der Waals surface area contributed by atoms with Gasteiger partial charge in [-0.05, 0) is 36.5 Å². The number of amides is 2. The van der Waals surface area contributed by atoms with Gasteiger partial charge in [0, 0.05) is 38.2 Å². The van der Waals surface area contributed by atoms with Crippen LogP contribution in [-0.4, -0.2) is 47.8 Å². The molecule has 4 nitrogen and oxygen atoms in total. The first-order valence-corrected chi connectivity index (χ1v) is 9.36. The topological polar surface area (TPSA) is 40.6 Å². The monoisotopic (exact) mass is 328 g/mol. The van der Waals surface area contributed by atoms with Gasteiger partial charge in [0.1, 0.15) is 0 Å². The van der Waals surface area contributed by atoms with Crippen molar-refractivity contribution in [2.45, 2.75) is 51.4 Å². The Morgan fingerprint density at radius 1 is 0.917 bits per heavy atom. The van der Waals surface area contributed by atoms with Gasteiger partial charge in [-0.3, -0.25) is 9.59 Å². The lowest BCUT2D eigenvalue weighted by molar-refractivity contribution is -0.132. The Morgan fingerprint density at radius 2 is 1.50 bits per heavy atom. The number of piperazine rings is 1. The molecule has 0 atom stereocenters. The second-order valence-electron chi connectivity index (χ2n) is 6.98. The van der Waals surface area contributed by atoms with Crippen LogP contribution in [0.15, 0.2) is 24.3 Å². The van der Waals surface area contributed by atoms with Crippen LogP contribution in [0.3, 0.4) is 0 Å². The molecule has 2 fully saturated rings. The van der Waals surface area contributed by atoms with Crippen LogP contribution in [0.25, 0.3) is 0 Å². The smallest absolute Gasteiger partial charge is 0.253 e. The lowest BCUT2D eigenvalue weighted by Crippen LogP contribution is -2.50. The zero-order chi connectivity index (χ0) is 16.9. The Kier molecular flexibility index (Phi) is 5.54. The van der Waals surface area contributed by atoms with E-state index in [-0.39, 0.29) is 11.8 Å². The van der Waals surface area contributed by atoms with Gasteiger partial charge in [0.05, 0.1) is 0 Å². The number of hydrogen-bond donors (Lipinski definition) is 0. The van der Waals surface area contributed by atoms with Gasteiger partial charge in [-0.15, -0.1) is 0 Å². The Balaban J connectivity index is 1.58. The van der Waals surface area contributed by atoms with Gasteiger partial charge < -0.3 is 9.80 Å². The summed E-state index contributed by atoms with van der Waals surface area (Å²) < 4.78 is 0. The Bertz CT molecular complexity index is 568. The van der Waals surface area contributed by atoms with Crippen LogP contribution < -0.4 is 0 Å². The minimum Gasteiger partial charge on any atom is -0.339 e. The van der Waals surface area contributed by atoms with Crippen molar-refractivity contribution in [3.8, 4) is 0 Å². The summed E-state index contributed by atoms with van der Waals surface area (Å²) in [6, 6.07) is 8.24. The van der Waals surface area contributed by atoms with E-state index in [2.05, 4.69) is 12.1 Å². The number of rotatable bonds is 3. The van der Waals surface area contributed by atoms with Crippen molar-refractivity contribution in [2.24, 2.45) is 0 Å². The fourth-order valence-corrected chi connectivity index (χ4v) is 3.90. The summed E-state index contributed by atoms with van der Waals surface area (Å²) in [5.74, 6) is 0.944. The highest BCUT2D eigenvalue weighted by Crippen LogP contribution is 2.32. The fourth-order valence-electron chi connectivity index (χ4n) is 3.90. The zero-order valence-corrected chi connectivity index (χ0v) is 14.7. The molecule has 130 valence electrons. The van der Waals surface area contributed by atoms with Gasteiger partial charge >= 0.3 is 0 Å². The van der Waals surface area contributed by atoms with E-state index < -0.39 is 0 Å². The quantitative estimate of drug-likeness (QED) is 0.853. The molecule has 0 radical (unpaired) electrons. The first kappa shape index (κ1) is 17.0. The fraction of sp³-hybridized carbons (Fsp3) is 0.600. The SMILES string of the molecule is CCC(=O)N1CCN(C(=O)c2ccc(C3CCCCC3)cc2)CC1. The standard InChI is InChI=1S/C20H28N2O2/c1-2-19(23)21-12-14-22(15-13-21)20(24)18-10-8-17(9-11-18)16-6-4-3-5-7-16/h8-11,16H,2-7,12-15H2,1H3. The van der Waals surface area contributed by atoms with Crippen molar-refractivity contribution in [2.75, 3.05) is 26.2 Å². The highest BCUT2D eigenvalue weighted by atomic mass is 16.2. The van der Waals surface area contributed by atoms with E-state index in [1.54, 1.807) is 0 Å². The van der Waals surface area contributed by atoms with E-state index in [9.17, 15) is 9.59 Å². The first-order chi connectivity index (χ1) is 11.7. The van der Waals surface area contributed by atoms with E-state index in [1.807, 2.05) is 28.9 Å². The minimum absolute atomic E-state index is 0.0915. The van der Waals surface area contributed by atoms with Crippen LogP contribution in [0.4, 0.5) is 0 Å². The lowest BCUT2D eigenvalue weighted by atomic mass is 9.84. The number of carbonyl (C=O) groups is 2. The second kappa shape index (κ2) is 7.82. The molecule has 1 aromatic carbocycles. The maximum absolute atomic E-state index is 12.7. The number of benzene rings is 1. The van der Waals surface area contributed by atoms with E-state index >= 15 is 0 Å². The third-order valence-corrected chi connectivity index (χ3v) is 5.46. The van der Waals surface area contributed by atoms with Crippen LogP contribution in [-0.2, 0) is 4.79 Å². The average Bonchev–Trinajstić information content (AvgIpc) is 2.68. The summed E-state index contributed by atoms with van der Waals surface area (Å²) in [4.78, 5) is 28.1. The molecule has 2 aliphatic rings. The molecular weight excluding hydrogens is 300 g/mol. The highest BCUT2D eigenvalue weighted by Gasteiger charge is 2.24. The molecule has 2 amide bonds. The highest BCUT2D eigenvalue weighted by molar-refractivity contribution is 5.94. The molecule has 24 heavy (non-hydrogen) atoms. The molecule has 1 aliphatic heterocycles. The number of carbonyl (C=O) groups excluding carboxylic acids is 2. The predicted octanol–water partition coefficient (Wildman–Crippen LogP) is 3.43. The molecule has 0 aromatic heterocycles. The molecule has 0 unspecified atom stereocenters. The third kappa shape index (κ3) is 3.80. The summed E-state index contributed by atoms with van der Waals surface area (Å²) in [5, 5.41) is 0. The summed E-state index contributed by atoms with van der Waals surface area (Å²) in [6.45, 7) is 4.45. The van der Waals surface area contributed by atoms with Gasteiger partial charge in [-0.2, -0.15) is 0 Å². The Labute approximate surface area is 144 Å². The zero-order valence-electron chi connectivity index (χ0n) is 14.7. The van der Waals surface area contributed by atoms with Crippen molar-refractivity contribution >= 4 is 11.8 Å². The predicted molar refractivity (Wildman–Crippen MR) is 95.0 cm³/mol. The summed E-state index contributed by atoms with van der Waals surface area (Å²) in [7, 11) is 0. The maximum Gasteiger partial charge on any atom is 0.253 e. The molecule has 0 N–H and O–H groups in total. The van der Waals surface area contributed by atoms with Crippen molar-refractivity contribution in [1.82, 2.24) is 9.80 Å². The largest absolute Gasteiger partial charge is 0.339 e. The van der Waals surface area contributed by atoms with Crippen LogP contribution in [0.1, 0.15) is 67.3 Å². The molecule has 1 aliphatic carbocycles. The Morgan fingerprint density at radius 3 is 2.08 bits per heavy atom. The molecule has 1 heterocycles. The normalized spacial score (nSPS) is 19.4. The van der Waals surface area contributed by atoms with Crippen molar-refractivity contribution in [3.05, 3.63) is 35.4 Å². The lowest BCUT2D eigenvalue weighted by Gasteiger charge is -2.34. The van der Waals surface area contributed by atoms with Gasteiger partial charge in [0.15, 0.2) is 0 Å². The van der Waals surface area contributed by atoms with E-state index in [0.717, 1.165) is 5.56 Å². The van der Waals surface area contributed by atoms with Crippen molar-refractivity contribution < 1.29 is 9.59 Å². The molecule has 4 heteroatoms. The molecule has 0 bridgehead atoms. The van der Waals surface area contributed by atoms with Gasteiger partial charge in [0.2, 0.25) is 5.91 Å². The molecule has 1 saturated heterocycles. The van der Waals surface area contributed by atoms with Crippen LogP contribution in [0.2, 0.25) is 0 Å². The van der Waals surface area contributed by atoms with Crippen LogP contribution >= 0.6 is 0 Å². The van der Waals surface area contributed by atoms with Gasteiger partial charge in [-0.1, -0.05) is 38.3 Å². The van der Waals surface area contributed by atoms with Gasteiger partial charge in [-0.25, -0.2) is 0 Å². The van der Waals surface area contributed by atoms with Crippen molar-refractivity contribution in [1.29, 1.82) is 0 Å². The maximum atomic E-state index is 12.7. The number of hydrogen-bond acceptors (Lipinski definition) is 2. The van der Waals surface area contributed by atoms with Crippen molar-refractivity contribution in [3.63, 3.8) is 0 Å². The summed E-state index contributed by atoms with van der Waals surface area (Å²) in [5.41, 5.74) is 2.15. The molecule has 0 spiro atoms. The van der Waals surface area contributed by atoms with E-state index in [0.29, 0.717) is 38.5 Å². The second-order valence-corrected chi connectivity index (χ2v) is 6.98. The molecule has 1 saturated carbocycles. The van der Waals surface area contributed by atoms with Crippen LogP contribution in [0, 0.1) is 0 Å². The van der Waals surface area contributed by atoms with E-state index in [4.69, 9.17) is 0 Å². The molecular formula is C20H28N2O2. The van der Waals surface area contributed by atoms with E-state index in [1.165, 1.54) is 37.7 Å².